The summed E-state index contributed by atoms with van der Waals surface area (Å²) in [7, 11) is 0. The van der Waals surface area contributed by atoms with Gasteiger partial charge in [0.1, 0.15) is 5.75 Å². The summed E-state index contributed by atoms with van der Waals surface area (Å²) in [5.74, 6) is 0.865. The number of carbonyl (C=O) groups excluding carboxylic acids is 1. The van der Waals surface area contributed by atoms with Gasteiger partial charge in [0.25, 0.3) is 0 Å². The molecule has 2 aromatic carbocycles. The van der Waals surface area contributed by atoms with E-state index in [0.29, 0.717) is 13.0 Å². The number of ketones is 1. The minimum Gasteiger partial charge on any atom is -0.479 e. The molecule has 0 saturated carbocycles. The molecule has 2 aromatic rings. The number of fused-ring (bicyclic) bond motifs is 1. The Kier molecular flexibility index (Phi) is 3.91. The number of carbonyl (C=O) groups is 1. The molecule has 1 atom stereocenters. The second-order valence-electron chi connectivity index (χ2n) is 5.30. The van der Waals surface area contributed by atoms with E-state index in [-0.39, 0.29) is 5.78 Å². The van der Waals surface area contributed by atoms with E-state index < -0.39 is 6.10 Å². The first-order valence-corrected chi connectivity index (χ1v) is 7.36. The van der Waals surface area contributed by atoms with E-state index in [2.05, 4.69) is 24.4 Å². The zero-order valence-corrected chi connectivity index (χ0v) is 12.1. The normalized spacial score (nSPS) is 16.5. The average Bonchev–Trinajstić information content (AvgIpc) is 2.55. The minimum atomic E-state index is -0.411. The van der Waals surface area contributed by atoms with E-state index in [1.54, 1.807) is 0 Å². The molecule has 108 valence electrons. The minimum absolute atomic E-state index is 0.112. The number of anilines is 1. The lowest BCUT2D eigenvalue weighted by atomic mass is 10.0. The lowest BCUT2D eigenvalue weighted by Crippen LogP contribution is -2.38. The smallest absolute Gasteiger partial charge is 0.179 e. The number of benzene rings is 2. The molecular formula is C18H19NO2. The van der Waals surface area contributed by atoms with Crippen LogP contribution in [0.5, 0.6) is 5.75 Å². The molecule has 1 unspecified atom stereocenters. The number of hydrogen-bond acceptors (Lipinski definition) is 3. The fraction of sp³-hybridized carbons (Fsp3) is 0.278. The fourth-order valence-electron chi connectivity index (χ4n) is 2.50. The van der Waals surface area contributed by atoms with Gasteiger partial charge in [-0.3, -0.25) is 4.79 Å². The molecule has 0 radical (unpaired) electrons. The van der Waals surface area contributed by atoms with Crippen LogP contribution in [0.1, 0.15) is 18.1 Å². The molecule has 0 spiro atoms. The highest BCUT2D eigenvalue weighted by Crippen LogP contribution is 2.28. The van der Waals surface area contributed by atoms with Crippen molar-refractivity contribution in [3.8, 4) is 5.75 Å². The topological polar surface area (TPSA) is 38.3 Å². The van der Waals surface area contributed by atoms with Crippen molar-refractivity contribution in [1.82, 2.24) is 0 Å². The summed E-state index contributed by atoms with van der Waals surface area (Å²) >= 11 is 0. The Balaban J connectivity index is 1.66. The van der Waals surface area contributed by atoms with Gasteiger partial charge in [-0.2, -0.15) is 0 Å². The standard InChI is InChI=1S/C18H19NO2/c1-2-13-7-9-14(10-8-13)11-16(20)18-12-19-15-5-3-4-6-17(15)21-18/h3-10,18-19H,2,11-12H2,1H3. The van der Waals surface area contributed by atoms with Gasteiger partial charge in [-0.25, -0.2) is 0 Å². The second kappa shape index (κ2) is 6.00. The SMILES string of the molecule is CCc1ccc(CC(=O)C2CNc3ccccc3O2)cc1. The first kappa shape index (κ1) is 13.7. The monoisotopic (exact) mass is 281 g/mol. The Hall–Kier alpha value is -2.29. The summed E-state index contributed by atoms with van der Waals surface area (Å²) in [6.07, 6.45) is 1.02. The quantitative estimate of drug-likeness (QED) is 0.935. The average molecular weight is 281 g/mol. The van der Waals surface area contributed by atoms with Gasteiger partial charge in [-0.1, -0.05) is 43.3 Å². The highest BCUT2D eigenvalue weighted by atomic mass is 16.5. The number of para-hydroxylation sites is 2. The van der Waals surface area contributed by atoms with Gasteiger partial charge < -0.3 is 10.1 Å². The maximum Gasteiger partial charge on any atom is 0.179 e. The van der Waals surface area contributed by atoms with Crippen LogP contribution < -0.4 is 10.1 Å². The summed E-state index contributed by atoms with van der Waals surface area (Å²) in [6.45, 7) is 2.65. The number of nitrogens with one attached hydrogen (secondary N) is 1. The first-order chi connectivity index (χ1) is 10.3. The van der Waals surface area contributed by atoms with Gasteiger partial charge in [-0.15, -0.1) is 0 Å². The van der Waals surface area contributed by atoms with Crippen molar-refractivity contribution in [2.75, 3.05) is 11.9 Å². The van der Waals surface area contributed by atoms with Crippen LogP contribution in [0.4, 0.5) is 5.69 Å². The van der Waals surface area contributed by atoms with Crippen LogP contribution in [0.2, 0.25) is 0 Å². The van der Waals surface area contributed by atoms with Crippen molar-refractivity contribution in [3.05, 3.63) is 59.7 Å². The Bertz CT molecular complexity index is 634. The number of ether oxygens (including phenoxy) is 1. The van der Waals surface area contributed by atoms with Crippen LogP contribution in [0, 0.1) is 0 Å². The van der Waals surface area contributed by atoms with E-state index in [4.69, 9.17) is 4.74 Å². The van der Waals surface area contributed by atoms with Crippen molar-refractivity contribution in [1.29, 1.82) is 0 Å². The second-order valence-corrected chi connectivity index (χ2v) is 5.30. The highest BCUT2D eigenvalue weighted by Gasteiger charge is 2.25. The van der Waals surface area contributed by atoms with Crippen molar-refractivity contribution >= 4 is 11.5 Å². The van der Waals surface area contributed by atoms with E-state index >= 15 is 0 Å². The predicted octanol–water partition coefficient (Wildman–Crippen LogP) is 3.23. The van der Waals surface area contributed by atoms with Crippen molar-refractivity contribution < 1.29 is 9.53 Å². The van der Waals surface area contributed by atoms with Gasteiger partial charge >= 0.3 is 0 Å². The van der Waals surface area contributed by atoms with Crippen LogP contribution >= 0.6 is 0 Å². The molecule has 0 aliphatic carbocycles. The molecule has 0 amide bonds. The largest absolute Gasteiger partial charge is 0.479 e. The molecule has 1 N–H and O–H groups in total. The zero-order chi connectivity index (χ0) is 14.7. The maximum absolute atomic E-state index is 12.4. The third-order valence-corrected chi connectivity index (χ3v) is 3.80. The molecule has 1 aliphatic rings. The molecule has 0 fully saturated rings. The summed E-state index contributed by atoms with van der Waals surface area (Å²) in [6, 6.07) is 15.9. The predicted molar refractivity (Wildman–Crippen MR) is 83.9 cm³/mol. The van der Waals surface area contributed by atoms with Crippen molar-refractivity contribution in [3.63, 3.8) is 0 Å². The summed E-state index contributed by atoms with van der Waals surface area (Å²) in [5, 5.41) is 3.25. The van der Waals surface area contributed by atoms with Crippen molar-refractivity contribution in [2.45, 2.75) is 25.9 Å². The van der Waals surface area contributed by atoms with Crippen LogP contribution in [0.25, 0.3) is 0 Å². The number of rotatable bonds is 4. The zero-order valence-electron chi connectivity index (χ0n) is 12.1. The molecule has 3 rings (SSSR count). The molecule has 0 aromatic heterocycles. The third kappa shape index (κ3) is 3.07. The van der Waals surface area contributed by atoms with Crippen LogP contribution in [-0.4, -0.2) is 18.4 Å². The molecule has 0 saturated heterocycles. The number of aryl methyl sites for hydroxylation is 1. The van der Waals surface area contributed by atoms with E-state index in [1.807, 2.05) is 36.4 Å². The Labute approximate surface area is 124 Å². The van der Waals surface area contributed by atoms with Crippen LogP contribution in [0.15, 0.2) is 48.5 Å². The molecular weight excluding hydrogens is 262 g/mol. The third-order valence-electron chi connectivity index (χ3n) is 3.80. The number of hydrogen-bond donors (Lipinski definition) is 1. The van der Waals surface area contributed by atoms with Crippen molar-refractivity contribution in [2.24, 2.45) is 0 Å². The summed E-state index contributed by atoms with van der Waals surface area (Å²) in [4.78, 5) is 12.4. The van der Waals surface area contributed by atoms with Gasteiger partial charge in [-0.05, 0) is 29.7 Å². The Morgan fingerprint density at radius 2 is 1.86 bits per heavy atom. The van der Waals surface area contributed by atoms with Gasteiger partial charge in [0.15, 0.2) is 11.9 Å². The summed E-state index contributed by atoms with van der Waals surface area (Å²) in [5.41, 5.74) is 3.28. The van der Waals surface area contributed by atoms with Gasteiger partial charge in [0.05, 0.1) is 12.2 Å². The van der Waals surface area contributed by atoms with Crippen LogP contribution in [0.3, 0.4) is 0 Å². The Morgan fingerprint density at radius 1 is 1.14 bits per heavy atom. The fourth-order valence-corrected chi connectivity index (χ4v) is 2.50. The Morgan fingerprint density at radius 3 is 2.62 bits per heavy atom. The number of Topliss-reactive ketones (excluding diaryl/α,β-unsaturated/α-hetero) is 1. The first-order valence-electron chi connectivity index (χ1n) is 7.36. The van der Waals surface area contributed by atoms with Gasteiger partial charge in [0.2, 0.25) is 0 Å². The molecule has 3 heteroatoms. The van der Waals surface area contributed by atoms with E-state index in [9.17, 15) is 4.79 Å². The molecule has 1 aliphatic heterocycles. The lowest BCUT2D eigenvalue weighted by molar-refractivity contribution is -0.124. The molecule has 1 heterocycles. The molecule has 0 bridgehead atoms. The molecule has 21 heavy (non-hydrogen) atoms. The van der Waals surface area contributed by atoms with Gasteiger partial charge in [0, 0.05) is 6.42 Å². The van der Waals surface area contributed by atoms with E-state index in [0.717, 1.165) is 23.4 Å². The maximum atomic E-state index is 12.4. The van der Waals surface area contributed by atoms with E-state index in [1.165, 1.54) is 5.56 Å². The molecule has 3 nitrogen and oxygen atoms in total. The highest BCUT2D eigenvalue weighted by molar-refractivity contribution is 5.87. The summed E-state index contributed by atoms with van der Waals surface area (Å²) < 4.78 is 5.80. The lowest BCUT2D eigenvalue weighted by Gasteiger charge is -2.26. The van der Waals surface area contributed by atoms with Crippen LogP contribution in [-0.2, 0) is 17.6 Å².